The summed E-state index contributed by atoms with van der Waals surface area (Å²) in [5.41, 5.74) is 0.298. The Bertz CT molecular complexity index is 454. The molecular formula is C16H23F3N2. The molecule has 1 aliphatic rings. The van der Waals surface area contributed by atoms with Gasteiger partial charge in [-0.05, 0) is 45.2 Å². The smallest absolute Gasteiger partial charge is 0.194 e. The zero-order chi connectivity index (χ0) is 15.4. The lowest BCUT2D eigenvalue weighted by molar-refractivity contribution is 0.165. The Morgan fingerprint density at radius 2 is 1.95 bits per heavy atom. The van der Waals surface area contributed by atoms with Crippen molar-refractivity contribution >= 4 is 5.69 Å². The molecule has 0 saturated carbocycles. The summed E-state index contributed by atoms with van der Waals surface area (Å²) >= 11 is 0. The number of nitrogens with zero attached hydrogens (tertiary/aromatic N) is 1. The summed E-state index contributed by atoms with van der Waals surface area (Å²) in [6.07, 6.45) is 3.37. The van der Waals surface area contributed by atoms with E-state index in [-0.39, 0.29) is 6.04 Å². The summed E-state index contributed by atoms with van der Waals surface area (Å²) in [4.78, 5) is 2.43. The lowest BCUT2D eigenvalue weighted by atomic mass is 9.91. The van der Waals surface area contributed by atoms with Crippen LogP contribution in [-0.2, 0) is 0 Å². The molecule has 2 nitrogen and oxygen atoms in total. The Morgan fingerprint density at radius 1 is 1.29 bits per heavy atom. The fourth-order valence-corrected chi connectivity index (χ4v) is 3.04. The van der Waals surface area contributed by atoms with Crippen molar-refractivity contribution in [3.05, 3.63) is 29.6 Å². The van der Waals surface area contributed by atoms with E-state index in [9.17, 15) is 13.2 Å². The van der Waals surface area contributed by atoms with Gasteiger partial charge in [0.05, 0.1) is 0 Å². The van der Waals surface area contributed by atoms with E-state index >= 15 is 0 Å². The van der Waals surface area contributed by atoms with E-state index < -0.39 is 17.5 Å². The molecule has 1 saturated heterocycles. The van der Waals surface area contributed by atoms with E-state index in [1.807, 2.05) is 6.92 Å². The van der Waals surface area contributed by atoms with Crippen LogP contribution in [0, 0.1) is 23.4 Å². The van der Waals surface area contributed by atoms with Crippen LogP contribution in [0.2, 0.25) is 0 Å². The van der Waals surface area contributed by atoms with Crippen molar-refractivity contribution in [2.75, 3.05) is 25.0 Å². The first-order valence-corrected chi connectivity index (χ1v) is 7.64. The average molecular weight is 300 g/mol. The summed E-state index contributed by atoms with van der Waals surface area (Å²) < 4.78 is 39.4. The lowest BCUT2D eigenvalue weighted by Gasteiger charge is -2.36. The average Bonchev–Trinajstić information content (AvgIpc) is 2.45. The van der Waals surface area contributed by atoms with Crippen molar-refractivity contribution in [3.8, 4) is 0 Å². The van der Waals surface area contributed by atoms with Crippen molar-refractivity contribution in [2.24, 2.45) is 5.92 Å². The molecule has 0 spiro atoms. The van der Waals surface area contributed by atoms with Gasteiger partial charge in [-0.2, -0.15) is 0 Å². The van der Waals surface area contributed by atoms with Crippen LogP contribution in [0.3, 0.4) is 0 Å². The maximum Gasteiger partial charge on any atom is 0.194 e. The van der Waals surface area contributed by atoms with E-state index in [4.69, 9.17) is 0 Å². The molecule has 0 radical (unpaired) electrons. The van der Waals surface area contributed by atoms with Crippen LogP contribution < -0.4 is 5.32 Å². The SMILES string of the molecule is CCCN1CCCC(C(C)Nc2cc(F)c(F)c(F)c2)C1. The van der Waals surface area contributed by atoms with E-state index in [2.05, 4.69) is 17.1 Å². The molecule has 1 heterocycles. The summed E-state index contributed by atoms with van der Waals surface area (Å²) in [5.74, 6) is -3.29. The van der Waals surface area contributed by atoms with Crippen LogP contribution in [0.4, 0.5) is 18.9 Å². The standard InChI is InChI=1S/C16H23F3N2/c1-3-6-21-7-4-5-12(10-21)11(2)20-13-8-14(17)16(19)15(18)9-13/h8-9,11-12,20H,3-7,10H2,1-2H3. The van der Waals surface area contributed by atoms with Gasteiger partial charge >= 0.3 is 0 Å². The fraction of sp³-hybridized carbons (Fsp3) is 0.625. The van der Waals surface area contributed by atoms with Crippen LogP contribution >= 0.6 is 0 Å². The highest BCUT2D eigenvalue weighted by molar-refractivity contribution is 5.45. The van der Waals surface area contributed by atoms with E-state index in [1.54, 1.807) is 0 Å². The largest absolute Gasteiger partial charge is 0.382 e. The van der Waals surface area contributed by atoms with E-state index in [1.165, 1.54) is 0 Å². The molecule has 1 aromatic carbocycles. The molecule has 2 unspecified atom stereocenters. The van der Waals surface area contributed by atoms with Crippen LogP contribution in [0.5, 0.6) is 0 Å². The second-order valence-electron chi connectivity index (χ2n) is 5.89. The minimum Gasteiger partial charge on any atom is -0.382 e. The number of rotatable bonds is 5. The van der Waals surface area contributed by atoms with Gasteiger partial charge in [0.1, 0.15) is 0 Å². The van der Waals surface area contributed by atoms with Crippen molar-refractivity contribution < 1.29 is 13.2 Å². The third-order valence-corrected chi connectivity index (χ3v) is 4.17. The van der Waals surface area contributed by atoms with Gasteiger partial charge in [0.15, 0.2) is 17.5 Å². The van der Waals surface area contributed by atoms with Gasteiger partial charge in [0, 0.05) is 30.4 Å². The van der Waals surface area contributed by atoms with Gasteiger partial charge in [0.2, 0.25) is 0 Å². The summed E-state index contributed by atoms with van der Waals surface area (Å²) in [6, 6.07) is 2.12. The third kappa shape index (κ3) is 4.13. The molecule has 2 rings (SSSR count). The van der Waals surface area contributed by atoms with Crippen molar-refractivity contribution in [1.29, 1.82) is 0 Å². The molecule has 0 bridgehead atoms. The first-order valence-electron chi connectivity index (χ1n) is 7.64. The molecule has 1 aliphatic heterocycles. The molecular weight excluding hydrogens is 277 g/mol. The topological polar surface area (TPSA) is 15.3 Å². The molecule has 0 aliphatic carbocycles. The molecule has 21 heavy (non-hydrogen) atoms. The van der Waals surface area contributed by atoms with Crippen LogP contribution in [0.15, 0.2) is 12.1 Å². The van der Waals surface area contributed by atoms with Crippen molar-refractivity contribution in [2.45, 2.75) is 39.2 Å². The normalized spacial score (nSPS) is 21.3. The van der Waals surface area contributed by atoms with Gasteiger partial charge in [-0.25, -0.2) is 13.2 Å². The summed E-state index contributed by atoms with van der Waals surface area (Å²) in [6.45, 7) is 7.38. The van der Waals surface area contributed by atoms with Gasteiger partial charge in [-0.15, -0.1) is 0 Å². The highest BCUT2D eigenvalue weighted by Crippen LogP contribution is 2.24. The fourth-order valence-electron chi connectivity index (χ4n) is 3.04. The summed E-state index contributed by atoms with van der Waals surface area (Å²) in [5, 5.41) is 3.11. The maximum absolute atomic E-state index is 13.2. The van der Waals surface area contributed by atoms with E-state index in [0.717, 1.165) is 51.0 Å². The van der Waals surface area contributed by atoms with E-state index in [0.29, 0.717) is 11.6 Å². The van der Waals surface area contributed by atoms with Crippen molar-refractivity contribution in [3.63, 3.8) is 0 Å². The number of halogens is 3. The van der Waals surface area contributed by atoms with Crippen LogP contribution in [-0.4, -0.2) is 30.6 Å². The van der Waals surface area contributed by atoms with Crippen molar-refractivity contribution in [1.82, 2.24) is 4.90 Å². The number of hydrogen-bond acceptors (Lipinski definition) is 2. The highest BCUT2D eigenvalue weighted by atomic mass is 19.2. The predicted octanol–water partition coefficient (Wildman–Crippen LogP) is 4.03. The van der Waals surface area contributed by atoms with Crippen LogP contribution in [0.25, 0.3) is 0 Å². The highest BCUT2D eigenvalue weighted by Gasteiger charge is 2.24. The quantitative estimate of drug-likeness (QED) is 0.826. The lowest BCUT2D eigenvalue weighted by Crippen LogP contribution is -2.42. The molecule has 1 aromatic rings. The monoisotopic (exact) mass is 300 g/mol. The second kappa shape index (κ2) is 7.16. The molecule has 0 amide bonds. The Morgan fingerprint density at radius 3 is 2.57 bits per heavy atom. The maximum atomic E-state index is 13.2. The minimum atomic E-state index is -1.42. The van der Waals surface area contributed by atoms with Gasteiger partial charge in [0.25, 0.3) is 0 Å². The van der Waals surface area contributed by atoms with Gasteiger partial charge in [-0.3, -0.25) is 0 Å². The Balaban J connectivity index is 1.99. The molecule has 1 fully saturated rings. The van der Waals surface area contributed by atoms with Gasteiger partial charge in [-0.1, -0.05) is 6.92 Å². The number of benzene rings is 1. The Labute approximate surface area is 124 Å². The zero-order valence-electron chi connectivity index (χ0n) is 12.6. The first-order chi connectivity index (χ1) is 10.0. The Kier molecular flexibility index (Phi) is 5.51. The molecule has 2 atom stereocenters. The summed E-state index contributed by atoms with van der Waals surface area (Å²) in [7, 11) is 0. The number of hydrogen-bond donors (Lipinski definition) is 1. The minimum absolute atomic E-state index is 0.0916. The number of anilines is 1. The number of likely N-dealkylation sites (tertiary alicyclic amines) is 1. The second-order valence-corrected chi connectivity index (χ2v) is 5.89. The molecule has 0 aromatic heterocycles. The first kappa shape index (κ1) is 16.1. The Hall–Kier alpha value is -1.23. The number of nitrogens with one attached hydrogen (secondary N) is 1. The molecule has 1 N–H and O–H groups in total. The molecule has 5 heteroatoms. The third-order valence-electron chi connectivity index (χ3n) is 4.17. The molecule has 118 valence electrons. The predicted molar refractivity (Wildman–Crippen MR) is 78.9 cm³/mol. The van der Waals surface area contributed by atoms with Gasteiger partial charge < -0.3 is 10.2 Å². The number of piperidine rings is 1. The zero-order valence-corrected chi connectivity index (χ0v) is 12.6. The van der Waals surface area contributed by atoms with Crippen LogP contribution in [0.1, 0.15) is 33.1 Å².